The first kappa shape index (κ1) is 23.3. The lowest BCUT2D eigenvalue weighted by molar-refractivity contribution is -0.153. The molecule has 3 unspecified atom stereocenters. The van der Waals surface area contributed by atoms with Gasteiger partial charge in [0, 0.05) is 6.04 Å². The molecule has 31 heavy (non-hydrogen) atoms. The lowest BCUT2D eigenvalue weighted by atomic mass is 9.69. The van der Waals surface area contributed by atoms with E-state index in [4.69, 9.17) is 4.74 Å². The Morgan fingerprint density at radius 1 is 1.10 bits per heavy atom. The zero-order valence-electron chi connectivity index (χ0n) is 19.4. The van der Waals surface area contributed by atoms with Crippen LogP contribution in [0, 0.1) is 22.7 Å². The maximum absolute atomic E-state index is 12.6. The van der Waals surface area contributed by atoms with E-state index in [1.807, 2.05) is 44.2 Å². The highest BCUT2D eigenvalue weighted by molar-refractivity contribution is 5.87. The first-order valence-electron chi connectivity index (χ1n) is 11.3. The van der Waals surface area contributed by atoms with Gasteiger partial charge in [0.1, 0.15) is 6.04 Å². The molecule has 3 rings (SSSR count). The molecule has 170 valence electrons. The maximum atomic E-state index is 12.6. The number of amides is 2. The molecule has 1 aromatic carbocycles. The Kier molecular flexibility index (Phi) is 6.77. The Balaban J connectivity index is 1.50. The van der Waals surface area contributed by atoms with E-state index in [9.17, 15) is 14.4 Å². The topological polar surface area (TPSA) is 84.5 Å². The quantitative estimate of drug-likeness (QED) is 0.623. The van der Waals surface area contributed by atoms with Crippen molar-refractivity contribution in [1.29, 1.82) is 0 Å². The van der Waals surface area contributed by atoms with Crippen LogP contribution in [0.2, 0.25) is 0 Å². The molecule has 2 saturated carbocycles. The molecule has 2 bridgehead atoms. The first-order valence-corrected chi connectivity index (χ1v) is 11.3. The number of rotatable bonds is 8. The van der Waals surface area contributed by atoms with Crippen molar-refractivity contribution >= 4 is 17.8 Å². The number of nitrogens with one attached hydrogen (secondary N) is 2. The van der Waals surface area contributed by atoms with Crippen LogP contribution < -0.4 is 10.6 Å². The van der Waals surface area contributed by atoms with Crippen LogP contribution in [0.3, 0.4) is 0 Å². The minimum atomic E-state index is -0.789. The molecule has 0 aliphatic heterocycles. The van der Waals surface area contributed by atoms with E-state index >= 15 is 0 Å². The van der Waals surface area contributed by atoms with Crippen LogP contribution in [0.15, 0.2) is 30.3 Å². The van der Waals surface area contributed by atoms with E-state index in [0.717, 1.165) is 18.4 Å². The number of carbonyl (C=O) groups excluding carboxylic acids is 3. The van der Waals surface area contributed by atoms with Crippen molar-refractivity contribution in [3.63, 3.8) is 0 Å². The van der Waals surface area contributed by atoms with Gasteiger partial charge in [0.25, 0.3) is 5.91 Å². The van der Waals surface area contributed by atoms with Gasteiger partial charge < -0.3 is 15.4 Å². The number of carbonyl (C=O) groups is 3. The standard InChI is InChI=1S/C25H36N2O4/c1-16(2)22(27-20(28)13-17-9-7-6-8-10-17)23(30)31-15-21(29)26-19-14-18-11-12-25(19,5)24(18,3)4/h6-10,16,18-19,22H,11-15H2,1-5H3,(H,26,29)(H,27,28)/t18?,19?,22-,25?/m0/s1. The largest absolute Gasteiger partial charge is 0.454 e. The Morgan fingerprint density at radius 2 is 1.77 bits per heavy atom. The first-order chi connectivity index (χ1) is 14.5. The highest BCUT2D eigenvalue weighted by atomic mass is 16.5. The van der Waals surface area contributed by atoms with Crippen molar-refractivity contribution in [3.05, 3.63) is 35.9 Å². The average Bonchev–Trinajstić information content (AvgIpc) is 3.04. The van der Waals surface area contributed by atoms with Crippen LogP contribution in [0.25, 0.3) is 0 Å². The molecule has 0 saturated heterocycles. The van der Waals surface area contributed by atoms with Crippen molar-refractivity contribution in [2.24, 2.45) is 22.7 Å². The summed E-state index contributed by atoms with van der Waals surface area (Å²) >= 11 is 0. The maximum Gasteiger partial charge on any atom is 0.329 e. The van der Waals surface area contributed by atoms with Crippen LogP contribution in [0.1, 0.15) is 59.4 Å². The summed E-state index contributed by atoms with van der Waals surface area (Å²) in [5.74, 6) is -0.633. The summed E-state index contributed by atoms with van der Waals surface area (Å²) in [4.78, 5) is 37.5. The van der Waals surface area contributed by atoms with Crippen molar-refractivity contribution < 1.29 is 19.1 Å². The average molecular weight is 429 g/mol. The minimum Gasteiger partial charge on any atom is -0.454 e. The molecule has 2 N–H and O–H groups in total. The normalized spacial score (nSPS) is 27.0. The smallest absolute Gasteiger partial charge is 0.329 e. The molecule has 0 spiro atoms. The highest BCUT2D eigenvalue weighted by Crippen LogP contribution is 2.65. The summed E-state index contributed by atoms with van der Waals surface area (Å²) in [6.45, 7) is 10.2. The molecule has 1 aromatic rings. The van der Waals surface area contributed by atoms with E-state index in [0.29, 0.717) is 5.92 Å². The lowest BCUT2D eigenvalue weighted by Gasteiger charge is -2.39. The van der Waals surface area contributed by atoms with Gasteiger partial charge in [-0.2, -0.15) is 0 Å². The summed E-state index contributed by atoms with van der Waals surface area (Å²) in [7, 11) is 0. The molecule has 2 fully saturated rings. The highest BCUT2D eigenvalue weighted by Gasteiger charge is 2.61. The molecular weight excluding hydrogens is 392 g/mol. The monoisotopic (exact) mass is 428 g/mol. The SMILES string of the molecule is CC(C)[C@H](NC(=O)Cc1ccccc1)C(=O)OCC(=O)NC1CC2CCC1(C)C2(C)C. The molecule has 0 aromatic heterocycles. The number of esters is 1. The Labute approximate surface area is 185 Å². The number of ether oxygens (including phenoxy) is 1. The van der Waals surface area contributed by atoms with Crippen LogP contribution in [-0.4, -0.2) is 36.5 Å². The van der Waals surface area contributed by atoms with Gasteiger partial charge in [0.2, 0.25) is 5.91 Å². The second-order valence-corrected chi connectivity index (χ2v) is 10.3. The predicted octanol–water partition coefficient (Wildman–Crippen LogP) is 3.24. The number of hydrogen-bond acceptors (Lipinski definition) is 4. The lowest BCUT2D eigenvalue weighted by Crippen LogP contribution is -2.49. The van der Waals surface area contributed by atoms with Gasteiger partial charge in [-0.05, 0) is 47.5 Å². The van der Waals surface area contributed by atoms with Crippen LogP contribution in [0.4, 0.5) is 0 Å². The summed E-state index contributed by atoms with van der Waals surface area (Å²) in [6.07, 6.45) is 3.49. The predicted molar refractivity (Wildman–Crippen MR) is 119 cm³/mol. The zero-order chi connectivity index (χ0) is 22.8. The van der Waals surface area contributed by atoms with Gasteiger partial charge in [-0.1, -0.05) is 65.0 Å². The molecule has 2 aliphatic carbocycles. The van der Waals surface area contributed by atoms with Gasteiger partial charge in [-0.3, -0.25) is 9.59 Å². The van der Waals surface area contributed by atoms with Gasteiger partial charge >= 0.3 is 5.97 Å². The van der Waals surface area contributed by atoms with Crippen molar-refractivity contribution in [2.75, 3.05) is 6.61 Å². The summed E-state index contributed by atoms with van der Waals surface area (Å²) < 4.78 is 5.29. The molecule has 0 heterocycles. The van der Waals surface area contributed by atoms with Crippen LogP contribution in [0.5, 0.6) is 0 Å². The fourth-order valence-electron chi connectivity index (χ4n) is 5.39. The second kappa shape index (κ2) is 9.01. The molecule has 0 radical (unpaired) electrons. The molecule has 2 aliphatic rings. The molecular formula is C25H36N2O4. The third-order valence-electron chi connectivity index (χ3n) is 7.92. The Bertz CT molecular complexity index is 820. The Morgan fingerprint density at radius 3 is 2.32 bits per heavy atom. The zero-order valence-corrected chi connectivity index (χ0v) is 19.4. The number of benzene rings is 1. The second-order valence-electron chi connectivity index (χ2n) is 10.3. The van der Waals surface area contributed by atoms with Gasteiger partial charge in [-0.15, -0.1) is 0 Å². The van der Waals surface area contributed by atoms with E-state index in [-0.39, 0.29) is 47.6 Å². The summed E-state index contributed by atoms with van der Waals surface area (Å²) in [5, 5.41) is 5.86. The van der Waals surface area contributed by atoms with Crippen molar-refractivity contribution in [1.82, 2.24) is 10.6 Å². The van der Waals surface area contributed by atoms with Gasteiger partial charge in [0.05, 0.1) is 6.42 Å². The number of fused-ring (bicyclic) bond motifs is 2. The third kappa shape index (κ3) is 4.78. The molecule has 2 amide bonds. The van der Waals surface area contributed by atoms with Crippen molar-refractivity contribution in [2.45, 2.75) is 72.4 Å². The van der Waals surface area contributed by atoms with E-state index in [1.165, 1.54) is 6.42 Å². The van der Waals surface area contributed by atoms with Gasteiger partial charge in [-0.25, -0.2) is 4.79 Å². The fourth-order valence-corrected chi connectivity index (χ4v) is 5.39. The van der Waals surface area contributed by atoms with Crippen LogP contribution in [-0.2, 0) is 25.5 Å². The summed E-state index contributed by atoms with van der Waals surface area (Å²) in [6, 6.07) is 8.68. The third-order valence-corrected chi connectivity index (χ3v) is 7.92. The molecule has 4 atom stereocenters. The number of hydrogen-bond donors (Lipinski definition) is 2. The van der Waals surface area contributed by atoms with Crippen LogP contribution >= 0.6 is 0 Å². The van der Waals surface area contributed by atoms with E-state index in [1.54, 1.807) is 0 Å². The molecule has 6 nitrogen and oxygen atoms in total. The summed E-state index contributed by atoms with van der Waals surface area (Å²) in [5.41, 5.74) is 1.15. The fraction of sp³-hybridized carbons (Fsp3) is 0.640. The van der Waals surface area contributed by atoms with E-state index in [2.05, 4.69) is 31.4 Å². The van der Waals surface area contributed by atoms with Gasteiger partial charge in [0.15, 0.2) is 6.61 Å². The van der Waals surface area contributed by atoms with E-state index < -0.39 is 12.0 Å². The Hall–Kier alpha value is -2.37. The molecule has 6 heteroatoms. The van der Waals surface area contributed by atoms with Crippen molar-refractivity contribution in [3.8, 4) is 0 Å². The minimum absolute atomic E-state index is 0.0726.